The Labute approximate surface area is 265 Å². The van der Waals surface area contributed by atoms with Crippen LogP contribution in [0.5, 0.6) is 5.75 Å². The fraction of sp³-hybridized carbons (Fsp3) is 0.343. The van der Waals surface area contributed by atoms with Crippen LogP contribution in [-0.2, 0) is 44.2 Å². The number of aromatic nitrogens is 2. The van der Waals surface area contributed by atoms with E-state index in [1.807, 2.05) is 37.3 Å². The molecule has 6 rings (SSSR count). The molecule has 0 bridgehead atoms. The molecule has 0 saturated carbocycles. The number of pyridine rings is 2. The first-order valence-corrected chi connectivity index (χ1v) is 15.0. The van der Waals surface area contributed by atoms with Gasteiger partial charge >= 0.3 is 18.0 Å². The maximum absolute atomic E-state index is 13.6. The molecule has 2 N–H and O–H groups in total. The molecular formula is C35H35N3O8. The predicted molar refractivity (Wildman–Crippen MR) is 168 cm³/mol. The quantitative estimate of drug-likeness (QED) is 0.214. The van der Waals surface area contributed by atoms with Gasteiger partial charge in [-0.25, -0.2) is 14.6 Å². The summed E-state index contributed by atoms with van der Waals surface area (Å²) in [5.41, 5.74) is 2.21. The van der Waals surface area contributed by atoms with Crippen molar-refractivity contribution in [2.75, 3.05) is 0 Å². The lowest BCUT2D eigenvalue weighted by Crippen LogP contribution is -2.46. The first-order chi connectivity index (χ1) is 21.7. The number of esters is 2. The number of carbonyl (C=O) groups is 3. The minimum Gasteiger partial charge on any atom is -0.460 e. The number of amides is 1. The number of ether oxygens (including phenoxy) is 3. The molecule has 46 heavy (non-hydrogen) atoms. The summed E-state index contributed by atoms with van der Waals surface area (Å²) in [4.78, 5) is 56.6. The zero-order valence-electron chi connectivity index (χ0n) is 26.3. The van der Waals surface area contributed by atoms with E-state index in [1.54, 1.807) is 49.6 Å². The molecular weight excluding hydrogens is 590 g/mol. The Balaban J connectivity index is 1.31. The van der Waals surface area contributed by atoms with E-state index < -0.39 is 35.3 Å². The highest BCUT2D eigenvalue weighted by Gasteiger charge is 2.37. The zero-order chi connectivity index (χ0) is 33.0. The van der Waals surface area contributed by atoms with Crippen molar-refractivity contribution in [3.63, 3.8) is 0 Å². The molecule has 2 atom stereocenters. The molecule has 0 spiro atoms. The molecule has 2 aliphatic heterocycles. The van der Waals surface area contributed by atoms with Crippen molar-refractivity contribution < 1.29 is 33.7 Å². The summed E-state index contributed by atoms with van der Waals surface area (Å²) in [5, 5.41) is 14.5. The molecule has 0 aliphatic carbocycles. The van der Waals surface area contributed by atoms with Crippen LogP contribution >= 0.6 is 0 Å². The number of benzene rings is 2. The van der Waals surface area contributed by atoms with E-state index in [-0.39, 0.29) is 42.9 Å². The lowest BCUT2D eigenvalue weighted by Gasteiger charge is -2.23. The molecule has 1 amide bonds. The van der Waals surface area contributed by atoms with E-state index in [0.29, 0.717) is 22.5 Å². The molecule has 0 saturated heterocycles. The molecule has 238 valence electrons. The summed E-state index contributed by atoms with van der Waals surface area (Å²) in [6, 6.07) is 15.1. The first kappa shape index (κ1) is 31.0. The van der Waals surface area contributed by atoms with Gasteiger partial charge in [-0.15, -0.1) is 0 Å². The van der Waals surface area contributed by atoms with Crippen molar-refractivity contribution in [3.8, 4) is 17.1 Å². The standard InChI is InChI=1S/C35H35N3O8/c1-19-22-14-21(45-32(41)27(13-20-9-7-6-8-10-20)37-33(42)46-34(2,3)4)11-12-26(22)36-30-23(19)17-38-28(30)15-25-24(31(38)40)18-44-29(39)16-35(25,5)43/h6-12,14-15,27,43H,13,16-18H2,1-5H3,(H,37,42)/t27-,35?/m0/s1. The molecule has 2 aliphatic rings. The molecule has 2 aromatic carbocycles. The maximum atomic E-state index is 13.6. The lowest BCUT2D eigenvalue weighted by atomic mass is 9.89. The van der Waals surface area contributed by atoms with Crippen LogP contribution in [-0.4, -0.2) is 44.3 Å². The number of cyclic esters (lactones) is 1. The van der Waals surface area contributed by atoms with Gasteiger partial charge < -0.3 is 29.2 Å². The summed E-state index contributed by atoms with van der Waals surface area (Å²) >= 11 is 0. The SMILES string of the molecule is Cc1c2c(nc3ccc(OC(=O)[C@H](Cc4ccccc4)NC(=O)OC(C)(C)C)cc13)-c1cc3c(c(=O)n1C2)COC(=O)CC3(C)O. The normalized spacial score (nSPS) is 17.7. The molecule has 1 unspecified atom stereocenters. The van der Waals surface area contributed by atoms with Gasteiger partial charge in [0.25, 0.3) is 5.56 Å². The third kappa shape index (κ3) is 5.97. The third-order valence-corrected chi connectivity index (χ3v) is 8.22. The van der Waals surface area contributed by atoms with E-state index >= 15 is 0 Å². The van der Waals surface area contributed by atoms with Crippen molar-refractivity contribution in [1.82, 2.24) is 14.9 Å². The van der Waals surface area contributed by atoms with Crippen LogP contribution < -0.4 is 15.6 Å². The van der Waals surface area contributed by atoms with E-state index in [1.165, 1.54) is 6.92 Å². The van der Waals surface area contributed by atoms with Crippen LogP contribution in [0.15, 0.2) is 59.4 Å². The summed E-state index contributed by atoms with van der Waals surface area (Å²) in [6.07, 6.45) is -0.795. The van der Waals surface area contributed by atoms with E-state index in [2.05, 4.69) is 5.32 Å². The summed E-state index contributed by atoms with van der Waals surface area (Å²) in [7, 11) is 0. The Hall–Kier alpha value is -5.03. The molecule has 0 fully saturated rings. The Kier molecular flexibility index (Phi) is 7.68. The van der Waals surface area contributed by atoms with Crippen LogP contribution in [0.25, 0.3) is 22.3 Å². The minimum atomic E-state index is -1.57. The second kappa shape index (κ2) is 11.4. The summed E-state index contributed by atoms with van der Waals surface area (Å²) < 4.78 is 18.0. The molecule has 11 heteroatoms. The third-order valence-electron chi connectivity index (χ3n) is 8.22. The smallest absolute Gasteiger partial charge is 0.408 e. The number of hydrogen-bond acceptors (Lipinski definition) is 9. The van der Waals surface area contributed by atoms with Gasteiger partial charge in [-0.1, -0.05) is 30.3 Å². The number of rotatable bonds is 5. The second-order valence-corrected chi connectivity index (χ2v) is 13.0. The Morgan fingerprint density at radius 2 is 1.85 bits per heavy atom. The average molecular weight is 626 g/mol. The van der Waals surface area contributed by atoms with Crippen LogP contribution in [0, 0.1) is 6.92 Å². The number of nitrogens with zero attached hydrogens (tertiary/aromatic N) is 2. The largest absolute Gasteiger partial charge is 0.460 e. The van der Waals surface area contributed by atoms with Gasteiger partial charge in [0, 0.05) is 17.4 Å². The number of hydrogen-bond donors (Lipinski definition) is 2. The predicted octanol–water partition coefficient (Wildman–Crippen LogP) is 4.43. The molecule has 0 radical (unpaired) electrons. The maximum Gasteiger partial charge on any atom is 0.408 e. The highest BCUT2D eigenvalue weighted by Crippen LogP contribution is 2.39. The van der Waals surface area contributed by atoms with E-state index in [4.69, 9.17) is 19.2 Å². The Morgan fingerprint density at radius 1 is 1.11 bits per heavy atom. The van der Waals surface area contributed by atoms with Crippen LogP contribution in [0.3, 0.4) is 0 Å². The van der Waals surface area contributed by atoms with Crippen LogP contribution in [0.4, 0.5) is 4.79 Å². The first-order valence-electron chi connectivity index (χ1n) is 15.0. The van der Waals surface area contributed by atoms with Gasteiger partial charge in [-0.3, -0.25) is 9.59 Å². The van der Waals surface area contributed by atoms with Crippen molar-refractivity contribution in [3.05, 3.63) is 92.8 Å². The minimum absolute atomic E-state index is 0.198. The van der Waals surface area contributed by atoms with Crippen molar-refractivity contribution in [2.24, 2.45) is 0 Å². The number of nitrogens with one attached hydrogen (secondary N) is 1. The van der Waals surface area contributed by atoms with Crippen molar-refractivity contribution >= 4 is 28.9 Å². The number of aliphatic hydroxyl groups is 1. The van der Waals surface area contributed by atoms with E-state index in [9.17, 15) is 24.3 Å². The monoisotopic (exact) mass is 625 g/mol. The van der Waals surface area contributed by atoms with Gasteiger partial charge in [0.1, 0.15) is 24.0 Å². The Morgan fingerprint density at radius 3 is 2.57 bits per heavy atom. The lowest BCUT2D eigenvalue weighted by molar-refractivity contribution is -0.148. The topological polar surface area (TPSA) is 146 Å². The van der Waals surface area contributed by atoms with Gasteiger partial charge in [-0.05, 0) is 75.6 Å². The fourth-order valence-electron chi connectivity index (χ4n) is 5.99. The number of aryl methyl sites for hydroxylation is 1. The second-order valence-electron chi connectivity index (χ2n) is 13.0. The molecule has 4 aromatic rings. The van der Waals surface area contributed by atoms with Gasteiger partial charge in [0.05, 0.1) is 41.0 Å². The number of fused-ring (bicyclic) bond motifs is 5. The van der Waals surface area contributed by atoms with Crippen LogP contribution in [0.2, 0.25) is 0 Å². The van der Waals surface area contributed by atoms with Gasteiger partial charge in [0.2, 0.25) is 0 Å². The highest BCUT2D eigenvalue weighted by molar-refractivity contribution is 5.90. The number of carbonyl (C=O) groups excluding carboxylic acids is 3. The fourth-order valence-corrected chi connectivity index (χ4v) is 5.99. The highest BCUT2D eigenvalue weighted by atomic mass is 16.6. The summed E-state index contributed by atoms with van der Waals surface area (Å²) in [5.74, 6) is -0.965. The summed E-state index contributed by atoms with van der Waals surface area (Å²) in [6.45, 7) is 8.66. The van der Waals surface area contributed by atoms with Crippen LogP contribution in [0.1, 0.15) is 61.9 Å². The Bertz CT molecular complexity index is 1960. The zero-order valence-corrected chi connectivity index (χ0v) is 26.3. The van der Waals surface area contributed by atoms with Crippen molar-refractivity contribution in [2.45, 2.75) is 77.9 Å². The molecule has 11 nitrogen and oxygen atoms in total. The van der Waals surface area contributed by atoms with Crippen molar-refractivity contribution in [1.29, 1.82) is 0 Å². The van der Waals surface area contributed by atoms with E-state index in [0.717, 1.165) is 22.1 Å². The molecule has 2 aromatic heterocycles. The number of alkyl carbamates (subject to hydrolysis) is 1. The molecule has 4 heterocycles. The average Bonchev–Trinajstić information content (AvgIpc) is 3.29. The van der Waals surface area contributed by atoms with Gasteiger partial charge in [-0.2, -0.15) is 0 Å². The van der Waals surface area contributed by atoms with Gasteiger partial charge in [0.15, 0.2) is 0 Å².